The summed E-state index contributed by atoms with van der Waals surface area (Å²) in [6.07, 6.45) is 3.55. The van der Waals surface area contributed by atoms with Gasteiger partial charge in [0.15, 0.2) is 11.4 Å². The van der Waals surface area contributed by atoms with E-state index in [0.717, 1.165) is 41.4 Å². The number of allylic oxidation sites excluding steroid dienone is 1. The molecule has 1 atom stereocenters. The van der Waals surface area contributed by atoms with Gasteiger partial charge in [-0.2, -0.15) is 18.3 Å². The normalized spacial score (nSPS) is 16.7. The summed E-state index contributed by atoms with van der Waals surface area (Å²) in [5.41, 5.74) is 4.74. The number of aromatic nitrogens is 3. The lowest BCUT2D eigenvalue weighted by Gasteiger charge is -2.35. The second-order valence-corrected chi connectivity index (χ2v) is 16.9. The molecule has 3 aliphatic heterocycles. The van der Waals surface area contributed by atoms with E-state index in [1.165, 1.54) is 6.07 Å². The molecule has 12 nitrogen and oxygen atoms in total. The Hall–Kier alpha value is -6.92. The van der Waals surface area contributed by atoms with Crippen LogP contribution < -0.4 is 5.32 Å². The van der Waals surface area contributed by atoms with Gasteiger partial charge in [-0.1, -0.05) is 55.7 Å². The van der Waals surface area contributed by atoms with Crippen molar-refractivity contribution >= 4 is 35.1 Å². The summed E-state index contributed by atoms with van der Waals surface area (Å²) in [6, 6.07) is 17.2. The van der Waals surface area contributed by atoms with Crippen molar-refractivity contribution in [2.45, 2.75) is 83.5 Å². The van der Waals surface area contributed by atoms with Gasteiger partial charge in [-0.25, -0.2) is 9.50 Å². The summed E-state index contributed by atoms with van der Waals surface area (Å²) in [6.45, 7) is 7.41. The molecule has 65 heavy (non-hydrogen) atoms. The van der Waals surface area contributed by atoms with E-state index in [0.29, 0.717) is 97.6 Å². The SMILES string of the molecule is C=C1CCC(N2C(=O)c3ccc(CCCCCCC(=O)N4CCN(Cc5ccc(CC(=O)c6ccc(C)c(C#Cc7cnc8cccnn78)c6)cc5C(F)(F)F)CC4)cc3C2=O)C(=O)N1. The van der Waals surface area contributed by atoms with E-state index >= 15 is 0 Å². The molecule has 2 fully saturated rings. The number of piperidine rings is 1. The number of piperazine rings is 1. The zero-order valence-electron chi connectivity index (χ0n) is 36.0. The monoisotopic (exact) mass is 883 g/mol. The third kappa shape index (κ3) is 10.1. The molecule has 0 radical (unpaired) electrons. The zero-order valence-corrected chi connectivity index (χ0v) is 36.0. The van der Waals surface area contributed by atoms with E-state index in [1.807, 2.05) is 24.0 Å². The first-order valence-electron chi connectivity index (χ1n) is 21.9. The van der Waals surface area contributed by atoms with Crippen LogP contribution in [0.5, 0.6) is 0 Å². The number of amides is 4. The highest BCUT2D eigenvalue weighted by Crippen LogP contribution is 2.34. The molecule has 15 heteroatoms. The summed E-state index contributed by atoms with van der Waals surface area (Å²) in [5, 5.41) is 6.90. The first kappa shape index (κ1) is 44.7. The molecule has 334 valence electrons. The van der Waals surface area contributed by atoms with Crippen LogP contribution in [0.4, 0.5) is 13.2 Å². The van der Waals surface area contributed by atoms with Crippen molar-refractivity contribution in [3.8, 4) is 11.8 Å². The molecule has 5 aromatic rings. The van der Waals surface area contributed by atoms with Gasteiger partial charge in [0.25, 0.3) is 11.8 Å². The Morgan fingerprint density at radius 3 is 2.43 bits per heavy atom. The topological polar surface area (TPSA) is 137 Å². The number of rotatable bonds is 13. The number of Topliss-reactive ketones (excluding diaryl/α,β-unsaturated/α-hetero) is 1. The molecule has 0 aliphatic carbocycles. The molecule has 8 rings (SSSR count). The number of alkyl halides is 3. The van der Waals surface area contributed by atoms with Gasteiger partial charge in [-0.15, -0.1) is 0 Å². The van der Waals surface area contributed by atoms with Crippen LogP contribution in [0.2, 0.25) is 0 Å². The number of hydrogen-bond acceptors (Lipinski definition) is 8. The molecule has 1 N–H and O–H groups in total. The molecule has 3 aliphatic rings. The van der Waals surface area contributed by atoms with Gasteiger partial charge in [0.2, 0.25) is 11.8 Å². The smallest absolute Gasteiger partial charge is 0.340 e. The minimum atomic E-state index is -4.63. The number of ketones is 1. The number of unbranched alkanes of at least 4 members (excludes halogenated alkanes) is 3. The second-order valence-electron chi connectivity index (χ2n) is 16.9. The molecule has 1 unspecified atom stereocenters. The largest absolute Gasteiger partial charge is 0.416 e. The van der Waals surface area contributed by atoms with Crippen molar-refractivity contribution in [3.05, 3.63) is 147 Å². The van der Waals surface area contributed by atoms with Gasteiger partial charge in [0.1, 0.15) is 11.7 Å². The number of imide groups is 1. The van der Waals surface area contributed by atoms with Crippen molar-refractivity contribution in [1.82, 2.24) is 34.6 Å². The lowest BCUT2D eigenvalue weighted by atomic mass is 9.96. The fourth-order valence-electron chi connectivity index (χ4n) is 8.67. The highest BCUT2D eigenvalue weighted by molar-refractivity contribution is 6.23. The van der Waals surface area contributed by atoms with Crippen molar-refractivity contribution in [2.24, 2.45) is 0 Å². The predicted octanol–water partition coefficient (Wildman–Crippen LogP) is 7.11. The number of hydrogen-bond donors (Lipinski definition) is 1. The zero-order chi connectivity index (χ0) is 45.8. The van der Waals surface area contributed by atoms with E-state index in [9.17, 15) is 37.1 Å². The third-order valence-corrected chi connectivity index (χ3v) is 12.3. The van der Waals surface area contributed by atoms with Crippen molar-refractivity contribution in [3.63, 3.8) is 0 Å². The minimum Gasteiger partial charge on any atom is -0.340 e. The lowest BCUT2D eigenvalue weighted by Crippen LogP contribution is -2.51. The number of benzene rings is 3. The number of imidazole rings is 1. The van der Waals surface area contributed by atoms with Crippen LogP contribution in [0, 0.1) is 18.8 Å². The number of halogens is 3. The number of nitrogens with zero attached hydrogens (tertiary/aromatic N) is 6. The van der Waals surface area contributed by atoms with Crippen LogP contribution in [0.15, 0.2) is 91.4 Å². The fourth-order valence-corrected chi connectivity index (χ4v) is 8.67. The van der Waals surface area contributed by atoms with Crippen LogP contribution in [-0.4, -0.2) is 90.9 Å². The highest BCUT2D eigenvalue weighted by Gasteiger charge is 2.44. The van der Waals surface area contributed by atoms with Crippen LogP contribution >= 0.6 is 0 Å². The van der Waals surface area contributed by atoms with Crippen LogP contribution in [0.25, 0.3) is 5.65 Å². The Balaban J connectivity index is 0.778. The maximum Gasteiger partial charge on any atom is 0.416 e. The number of carbonyl (C=O) groups excluding carboxylic acids is 5. The second kappa shape index (κ2) is 19.0. The Bertz CT molecular complexity index is 2780. The van der Waals surface area contributed by atoms with Gasteiger partial charge in [0, 0.05) is 68.6 Å². The number of carbonyl (C=O) groups is 5. The van der Waals surface area contributed by atoms with Crippen LogP contribution in [0.3, 0.4) is 0 Å². The van der Waals surface area contributed by atoms with Gasteiger partial charge in [-0.3, -0.25) is 33.8 Å². The fraction of sp³-hybridized carbons (Fsp3) is 0.340. The first-order valence-corrected chi connectivity index (χ1v) is 21.9. The Morgan fingerprint density at radius 2 is 1.65 bits per heavy atom. The summed E-state index contributed by atoms with van der Waals surface area (Å²) in [7, 11) is 0. The van der Waals surface area contributed by atoms with Crippen LogP contribution in [0.1, 0.15) is 115 Å². The molecule has 0 spiro atoms. The number of nitrogens with one attached hydrogen (secondary N) is 1. The quantitative estimate of drug-likeness (QED) is 0.0573. The molecular weight excluding hydrogens is 836 g/mol. The molecular formula is C50H48F3N7O5. The van der Waals surface area contributed by atoms with E-state index < -0.39 is 35.5 Å². The molecule has 5 heterocycles. The predicted molar refractivity (Wildman–Crippen MR) is 236 cm³/mol. The molecule has 0 bridgehead atoms. The summed E-state index contributed by atoms with van der Waals surface area (Å²) in [5.74, 6) is 4.51. The maximum atomic E-state index is 14.4. The Kier molecular flexibility index (Phi) is 13.1. The Morgan fingerprint density at radius 1 is 0.877 bits per heavy atom. The third-order valence-electron chi connectivity index (χ3n) is 12.3. The molecule has 3 aromatic carbocycles. The van der Waals surface area contributed by atoms with E-state index in [1.54, 1.807) is 64.3 Å². The number of aryl methyl sites for hydroxylation is 2. The summed E-state index contributed by atoms with van der Waals surface area (Å²) < 4.78 is 44.9. The lowest BCUT2D eigenvalue weighted by molar-refractivity contribution is -0.138. The molecule has 0 saturated carbocycles. The van der Waals surface area contributed by atoms with Crippen molar-refractivity contribution in [1.29, 1.82) is 0 Å². The molecule has 2 saturated heterocycles. The number of fused-ring (bicyclic) bond motifs is 2. The van der Waals surface area contributed by atoms with Crippen LogP contribution in [-0.2, 0) is 35.2 Å². The van der Waals surface area contributed by atoms with Crippen molar-refractivity contribution in [2.75, 3.05) is 26.2 Å². The summed E-state index contributed by atoms with van der Waals surface area (Å²) in [4.78, 5) is 74.2. The standard InChI is InChI=1S/C50H48F3N7O5/c1-32-11-15-37(29-36(32)17-18-39-30-54-45-9-7-21-55-60(39)45)44(61)28-35-13-16-38(42(27-35)50(51,52)53)31-57-22-24-58(25-23-57)46(62)10-6-4-3-5-8-34-14-19-40-41(26-34)49(65)59(48(40)64)43-20-12-33(2)56-47(43)63/h7,9,11,13-16,19,21,26-27,29-30,43H,2-6,8,10,12,20,22-25,28,31H2,1H3,(H,56,63). The average Bonchev–Trinajstić information content (AvgIpc) is 3.81. The van der Waals surface area contributed by atoms with Gasteiger partial charge < -0.3 is 10.2 Å². The minimum absolute atomic E-state index is 0.0222. The Labute approximate surface area is 374 Å². The highest BCUT2D eigenvalue weighted by atomic mass is 19.4. The maximum absolute atomic E-state index is 14.4. The van der Waals surface area contributed by atoms with Gasteiger partial charge >= 0.3 is 6.18 Å². The van der Waals surface area contributed by atoms with E-state index in [4.69, 9.17) is 0 Å². The van der Waals surface area contributed by atoms with Gasteiger partial charge in [-0.05, 0) is 104 Å². The van der Waals surface area contributed by atoms with Gasteiger partial charge in [0.05, 0.1) is 22.9 Å². The van der Waals surface area contributed by atoms with E-state index in [2.05, 4.69) is 33.8 Å². The van der Waals surface area contributed by atoms with E-state index in [-0.39, 0.29) is 35.8 Å². The molecule has 4 amide bonds. The molecule has 2 aromatic heterocycles. The summed E-state index contributed by atoms with van der Waals surface area (Å²) >= 11 is 0. The average molecular weight is 884 g/mol. The van der Waals surface area contributed by atoms with Crippen molar-refractivity contribution < 1.29 is 37.1 Å². The first-order chi connectivity index (χ1) is 31.2.